The number of pyridine rings is 1. The van der Waals surface area contributed by atoms with E-state index in [-0.39, 0.29) is 12.3 Å². The van der Waals surface area contributed by atoms with E-state index in [0.717, 1.165) is 22.0 Å². The number of nitrogens with two attached hydrogens (primary N) is 1. The van der Waals surface area contributed by atoms with Gasteiger partial charge in [-0.25, -0.2) is 0 Å². The van der Waals surface area contributed by atoms with Crippen LogP contribution in [-0.2, 0) is 10.2 Å². The maximum absolute atomic E-state index is 11.6. The van der Waals surface area contributed by atoms with Crippen LogP contribution in [0, 0.1) is 0 Å². The highest BCUT2D eigenvalue weighted by atomic mass is 16.1. The maximum atomic E-state index is 11.6. The molecular weight excluding hydrogens is 262 g/mol. The van der Waals surface area contributed by atoms with Crippen molar-refractivity contribution < 1.29 is 4.79 Å². The van der Waals surface area contributed by atoms with Gasteiger partial charge in [0.25, 0.3) is 0 Å². The summed E-state index contributed by atoms with van der Waals surface area (Å²) in [6.45, 7) is 2.03. The molecule has 1 atom stereocenters. The molecule has 0 spiro atoms. The Balaban J connectivity index is 2.16. The second kappa shape index (κ2) is 5.05. The molecule has 21 heavy (non-hydrogen) atoms. The van der Waals surface area contributed by atoms with Crippen LogP contribution in [0.15, 0.2) is 55.0 Å². The molecule has 2 heterocycles. The van der Waals surface area contributed by atoms with E-state index in [0.29, 0.717) is 0 Å². The number of primary amides is 1. The van der Waals surface area contributed by atoms with E-state index in [2.05, 4.69) is 22.1 Å². The number of H-pyrrole nitrogens is 1. The summed E-state index contributed by atoms with van der Waals surface area (Å²) in [5, 5.41) is 1.14. The van der Waals surface area contributed by atoms with E-state index in [1.54, 1.807) is 12.4 Å². The molecule has 0 bridgehead atoms. The van der Waals surface area contributed by atoms with Gasteiger partial charge >= 0.3 is 0 Å². The lowest BCUT2D eigenvalue weighted by atomic mass is 9.74. The molecule has 0 saturated heterocycles. The molecule has 0 aliphatic rings. The van der Waals surface area contributed by atoms with Crippen LogP contribution in [0.25, 0.3) is 10.9 Å². The Kier molecular flexibility index (Phi) is 3.22. The van der Waals surface area contributed by atoms with Crippen LogP contribution >= 0.6 is 0 Å². The van der Waals surface area contributed by atoms with Crippen molar-refractivity contribution in [1.82, 2.24) is 9.97 Å². The van der Waals surface area contributed by atoms with Crippen LogP contribution in [0.4, 0.5) is 0 Å². The van der Waals surface area contributed by atoms with Gasteiger partial charge in [0.2, 0.25) is 5.91 Å². The molecule has 3 aromatic rings. The minimum absolute atomic E-state index is 0.241. The Morgan fingerprint density at radius 1 is 1.29 bits per heavy atom. The Hall–Kier alpha value is -2.62. The molecule has 0 saturated carbocycles. The van der Waals surface area contributed by atoms with Gasteiger partial charge in [-0.1, -0.05) is 25.1 Å². The second-order valence-corrected chi connectivity index (χ2v) is 5.50. The predicted molar refractivity (Wildman–Crippen MR) is 82.8 cm³/mol. The molecule has 0 aliphatic heterocycles. The van der Waals surface area contributed by atoms with E-state index in [9.17, 15) is 4.79 Å². The molecular formula is C17H17N3O. The highest BCUT2D eigenvalue weighted by molar-refractivity contribution is 5.81. The van der Waals surface area contributed by atoms with Crippen molar-refractivity contribution in [3.05, 3.63) is 66.1 Å². The monoisotopic (exact) mass is 279 g/mol. The Morgan fingerprint density at radius 2 is 2.14 bits per heavy atom. The minimum Gasteiger partial charge on any atom is -0.370 e. The van der Waals surface area contributed by atoms with Gasteiger partial charge in [0.1, 0.15) is 0 Å². The van der Waals surface area contributed by atoms with Gasteiger partial charge < -0.3 is 10.7 Å². The third-order valence-electron chi connectivity index (χ3n) is 4.02. The second-order valence-electron chi connectivity index (χ2n) is 5.50. The van der Waals surface area contributed by atoms with E-state index < -0.39 is 5.41 Å². The first-order valence-electron chi connectivity index (χ1n) is 6.86. The fraction of sp³-hybridized carbons (Fsp3) is 0.176. The number of nitrogens with zero attached hydrogens (tertiary/aromatic N) is 1. The molecule has 2 aromatic heterocycles. The summed E-state index contributed by atoms with van der Waals surface area (Å²) in [4.78, 5) is 19.0. The maximum Gasteiger partial charge on any atom is 0.218 e. The van der Waals surface area contributed by atoms with E-state index in [1.165, 1.54) is 0 Å². The van der Waals surface area contributed by atoms with Crippen molar-refractivity contribution in [1.29, 1.82) is 0 Å². The molecule has 4 nitrogen and oxygen atoms in total. The van der Waals surface area contributed by atoms with Crippen LogP contribution < -0.4 is 5.73 Å². The third kappa shape index (κ3) is 2.40. The molecule has 1 amide bonds. The Morgan fingerprint density at radius 3 is 2.86 bits per heavy atom. The number of benzene rings is 1. The third-order valence-corrected chi connectivity index (χ3v) is 4.02. The minimum atomic E-state index is -0.487. The number of nitrogens with one attached hydrogen (secondary N) is 1. The molecule has 0 radical (unpaired) electrons. The topological polar surface area (TPSA) is 71.8 Å². The van der Waals surface area contributed by atoms with E-state index in [4.69, 9.17) is 5.73 Å². The van der Waals surface area contributed by atoms with E-state index >= 15 is 0 Å². The summed E-state index contributed by atoms with van der Waals surface area (Å²) < 4.78 is 0. The van der Waals surface area contributed by atoms with Crippen molar-refractivity contribution in [3.63, 3.8) is 0 Å². The average Bonchev–Trinajstić information content (AvgIpc) is 2.94. The number of fused-ring (bicyclic) bond motifs is 1. The zero-order valence-corrected chi connectivity index (χ0v) is 11.8. The molecule has 0 aliphatic carbocycles. The fourth-order valence-corrected chi connectivity index (χ4v) is 2.80. The summed E-state index contributed by atoms with van der Waals surface area (Å²) in [7, 11) is 0. The first-order valence-corrected chi connectivity index (χ1v) is 6.86. The van der Waals surface area contributed by atoms with Crippen molar-refractivity contribution >= 4 is 16.8 Å². The van der Waals surface area contributed by atoms with Crippen molar-refractivity contribution in [2.24, 2.45) is 5.73 Å². The number of rotatable bonds is 4. The number of hydrogen-bond donors (Lipinski definition) is 2. The molecule has 3 rings (SSSR count). The van der Waals surface area contributed by atoms with Crippen LogP contribution in [0.1, 0.15) is 24.5 Å². The van der Waals surface area contributed by atoms with Gasteiger partial charge in [-0.3, -0.25) is 9.78 Å². The van der Waals surface area contributed by atoms with Crippen LogP contribution in [-0.4, -0.2) is 15.9 Å². The van der Waals surface area contributed by atoms with Crippen molar-refractivity contribution in [3.8, 4) is 0 Å². The normalized spacial score (nSPS) is 14.0. The van der Waals surface area contributed by atoms with Crippen LogP contribution in [0.3, 0.4) is 0 Å². The highest BCUT2D eigenvalue weighted by Crippen LogP contribution is 2.36. The lowest BCUT2D eigenvalue weighted by Crippen LogP contribution is -2.30. The molecule has 1 unspecified atom stereocenters. The fourth-order valence-electron chi connectivity index (χ4n) is 2.80. The van der Waals surface area contributed by atoms with E-state index in [1.807, 2.05) is 37.4 Å². The smallest absolute Gasteiger partial charge is 0.218 e. The number of aromatic nitrogens is 2. The average molecular weight is 279 g/mol. The van der Waals surface area contributed by atoms with Gasteiger partial charge in [-0.05, 0) is 34.7 Å². The first-order chi connectivity index (χ1) is 10.1. The molecule has 1 aromatic carbocycles. The van der Waals surface area contributed by atoms with Gasteiger partial charge in [0, 0.05) is 35.9 Å². The first kappa shape index (κ1) is 13.4. The Bertz CT molecular complexity index is 779. The van der Waals surface area contributed by atoms with Gasteiger partial charge in [-0.15, -0.1) is 0 Å². The zero-order valence-electron chi connectivity index (χ0n) is 11.8. The number of aromatic amines is 1. The summed E-state index contributed by atoms with van der Waals surface area (Å²) >= 11 is 0. The number of carbonyl (C=O) groups excluding carboxylic acids is 1. The SMILES string of the molecule is CC(CC(N)=O)(c1cccnc1)c1ccc2cc[nH]c2c1. The van der Waals surface area contributed by atoms with Gasteiger partial charge in [0.15, 0.2) is 0 Å². The summed E-state index contributed by atoms with van der Waals surface area (Å²) in [6.07, 6.45) is 5.67. The molecule has 106 valence electrons. The lowest BCUT2D eigenvalue weighted by molar-refractivity contribution is -0.118. The highest BCUT2D eigenvalue weighted by Gasteiger charge is 2.31. The van der Waals surface area contributed by atoms with Crippen molar-refractivity contribution in [2.75, 3.05) is 0 Å². The van der Waals surface area contributed by atoms with Crippen LogP contribution in [0.5, 0.6) is 0 Å². The summed E-state index contributed by atoms with van der Waals surface area (Å²) in [5.74, 6) is -0.326. The van der Waals surface area contributed by atoms with Gasteiger partial charge in [0.05, 0.1) is 0 Å². The predicted octanol–water partition coefficient (Wildman–Crippen LogP) is 2.74. The van der Waals surface area contributed by atoms with Gasteiger partial charge in [-0.2, -0.15) is 0 Å². The molecule has 0 fully saturated rings. The number of carbonyl (C=O) groups is 1. The largest absolute Gasteiger partial charge is 0.370 e. The number of amides is 1. The van der Waals surface area contributed by atoms with Crippen LogP contribution in [0.2, 0.25) is 0 Å². The summed E-state index contributed by atoms with van der Waals surface area (Å²) in [6, 6.07) is 12.1. The number of hydrogen-bond acceptors (Lipinski definition) is 2. The molecule has 3 N–H and O–H groups in total. The quantitative estimate of drug-likeness (QED) is 0.770. The Labute approximate surface area is 123 Å². The summed E-state index contributed by atoms with van der Waals surface area (Å²) in [5.41, 5.74) is 8.07. The lowest BCUT2D eigenvalue weighted by Gasteiger charge is -2.29. The molecule has 4 heteroatoms. The standard InChI is InChI=1S/C17H17N3O/c1-17(10-16(18)21,14-3-2-7-19-11-14)13-5-4-12-6-8-20-15(12)9-13/h2-9,11,20H,10H2,1H3,(H2,18,21). The van der Waals surface area contributed by atoms with Crippen molar-refractivity contribution in [2.45, 2.75) is 18.8 Å². The zero-order chi connectivity index (χ0) is 14.9.